The summed E-state index contributed by atoms with van der Waals surface area (Å²) in [6.07, 6.45) is -0.654. The van der Waals surface area contributed by atoms with Crippen LogP contribution in [0.1, 0.15) is 33.3 Å². The Balaban J connectivity index is 2.92. The molecular weight excluding hydrogens is 204 g/mol. The minimum absolute atomic E-state index is 0.0664. The summed E-state index contributed by atoms with van der Waals surface area (Å²) in [5.41, 5.74) is 0.923. The zero-order valence-corrected chi connectivity index (χ0v) is 10.2. The van der Waals surface area contributed by atoms with Crippen LogP contribution in [0.3, 0.4) is 0 Å². The molecule has 0 aromatic heterocycles. The lowest BCUT2D eigenvalue weighted by molar-refractivity contribution is 0.103. The van der Waals surface area contributed by atoms with Gasteiger partial charge < -0.3 is 9.47 Å². The molecule has 0 amide bonds. The van der Waals surface area contributed by atoms with E-state index in [1.807, 2.05) is 18.2 Å². The molecule has 0 fully saturated rings. The zero-order valence-electron chi connectivity index (χ0n) is 10.2. The largest absolute Gasteiger partial charge is 0.513 e. The van der Waals surface area contributed by atoms with Crippen LogP contribution in [0.15, 0.2) is 24.3 Å². The molecule has 0 atom stereocenters. The summed E-state index contributed by atoms with van der Waals surface area (Å²) in [5, 5.41) is 0. The Labute approximate surface area is 96.4 Å². The topological polar surface area (TPSA) is 35.5 Å². The maximum absolute atomic E-state index is 11.2. The number of hydrogen-bond acceptors (Lipinski definition) is 3. The predicted octanol–water partition coefficient (Wildman–Crippen LogP) is 3.52. The van der Waals surface area contributed by atoms with E-state index in [-0.39, 0.29) is 5.41 Å². The predicted molar refractivity (Wildman–Crippen MR) is 62.8 cm³/mol. The molecule has 0 bridgehead atoms. The molecule has 3 nitrogen and oxygen atoms in total. The van der Waals surface area contributed by atoms with Crippen LogP contribution in [0.4, 0.5) is 4.79 Å². The van der Waals surface area contributed by atoms with Gasteiger partial charge in [-0.15, -0.1) is 0 Å². The van der Waals surface area contributed by atoms with Crippen LogP contribution in [0.2, 0.25) is 0 Å². The fourth-order valence-electron chi connectivity index (χ4n) is 1.41. The Morgan fingerprint density at radius 2 is 1.88 bits per heavy atom. The van der Waals surface area contributed by atoms with Crippen molar-refractivity contribution in [2.45, 2.75) is 33.1 Å². The van der Waals surface area contributed by atoms with E-state index in [9.17, 15) is 4.79 Å². The normalized spacial score (nSPS) is 11.0. The molecule has 0 heterocycles. The fraction of sp³-hybridized carbons (Fsp3) is 0.462. The van der Waals surface area contributed by atoms with Crippen molar-refractivity contribution in [3.8, 4) is 5.75 Å². The summed E-state index contributed by atoms with van der Waals surface area (Å²) in [7, 11) is 0. The van der Waals surface area contributed by atoms with E-state index in [1.54, 1.807) is 13.0 Å². The molecule has 0 aliphatic heterocycles. The third-order valence-electron chi connectivity index (χ3n) is 2.15. The van der Waals surface area contributed by atoms with Gasteiger partial charge in [0.25, 0.3) is 0 Å². The van der Waals surface area contributed by atoms with Gasteiger partial charge >= 0.3 is 6.16 Å². The van der Waals surface area contributed by atoms with Crippen LogP contribution in [-0.4, -0.2) is 12.8 Å². The van der Waals surface area contributed by atoms with E-state index in [2.05, 4.69) is 20.8 Å². The van der Waals surface area contributed by atoms with Crippen molar-refractivity contribution < 1.29 is 14.3 Å². The lowest BCUT2D eigenvalue weighted by Gasteiger charge is -2.21. The van der Waals surface area contributed by atoms with E-state index in [0.29, 0.717) is 12.4 Å². The van der Waals surface area contributed by atoms with Gasteiger partial charge in [0.1, 0.15) is 5.75 Å². The minimum atomic E-state index is -0.654. The lowest BCUT2D eigenvalue weighted by atomic mass is 9.86. The summed E-state index contributed by atoms with van der Waals surface area (Å²) in [6.45, 7) is 8.27. The Morgan fingerprint density at radius 1 is 1.25 bits per heavy atom. The zero-order chi connectivity index (χ0) is 12.2. The van der Waals surface area contributed by atoms with Gasteiger partial charge in [-0.25, -0.2) is 4.79 Å². The van der Waals surface area contributed by atoms with Crippen molar-refractivity contribution in [2.24, 2.45) is 0 Å². The first kappa shape index (κ1) is 12.6. The second kappa shape index (κ2) is 5.01. The molecule has 0 aliphatic carbocycles. The van der Waals surface area contributed by atoms with Gasteiger partial charge in [0.2, 0.25) is 0 Å². The summed E-state index contributed by atoms with van der Waals surface area (Å²) in [6, 6.07) is 7.49. The van der Waals surface area contributed by atoms with E-state index in [4.69, 9.17) is 9.47 Å². The number of carbonyl (C=O) groups excluding carboxylic acids is 1. The van der Waals surface area contributed by atoms with Crippen LogP contribution in [-0.2, 0) is 10.2 Å². The van der Waals surface area contributed by atoms with Crippen LogP contribution in [0.25, 0.3) is 0 Å². The van der Waals surface area contributed by atoms with Gasteiger partial charge in [0.15, 0.2) is 0 Å². The van der Waals surface area contributed by atoms with Gasteiger partial charge in [0, 0.05) is 5.56 Å². The Hall–Kier alpha value is -1.51. The van der Waals surface area contributed by atoms with Crippen molar-refractivity contribution in [1.82, 2.24) is 0 Å². The van der Waals surface area contributed by atoms with Gasteiger partial charge in [-0.05, 0) is 18.4 Å². The van der Waals surface area contributed by atoms with E-state index in [1.165, 1.54) is 0 Å². The second-order valence-electron chi connectivity index (χ2n) is 4.53. The molecule has 0 N–H and O–H groups in total. The van der Waals surface area contributed by atoms with Crippen molar-refractivity contribution in [3.63, 3.8) is 0 Å². The number of rotatable bonds is 2. The molecule has 0 aliphatic rings. The van der Waals surface area contributed by atoms with Crippen molar-refractivity contribution in [1.29, 1.82) is 0 Å². The fourth-order valence-corrected chi connectivity index (χ4v) is 1.41. The highest BCUT2D eigenvalue weighted by Gasteiger charge is 2.20. The first-order chi connectivity index (χ1) is 7.45. The van der Waals surface area contributed by atoms with Crippen LogP contribution in [0, 0.1) is 0 Å². The molecule has 0 spiro atoms. The maximum atomic E-state index is 11.2. The molecule has 3 heteroatoms. The molecule has 1 aromatic carbocycles. The summed E-state index contributed by atoms with van der Waals surface area (Å²) >= 11 is 0. The smallest absolute Gasteiger partial charge is 0.434 e. The standard InChI is InChI=1S/C13H18O3/c1-5-15-12(14)16-11-9-7-6-8-10(11)13(2,3)4/h6-9H,5H2,1-4H3. The maximum Gasteiger partial charge on any atom is 0.513 e. The molecule has 0 saturated carbocycles. The van der Waals surface area contributed by atoms with Gasteiger partial charge in [0.05, 0.1) is 6.61 Å². The molecule has 1 aromatic rings. The summed E-state index contributed by atoms with van der Waals surface area (Å²) < 4.78 is 9.90. The summed E-state index contributed by atoms with van der Waals surface area (Å²) in [5.74, 6) is 0.563. The molecule has 88 valence electrons. The second-order valence-corrected chi connectivity index (χ2v) is 4.53. The number of ether oxygens (including phenoxy) is 2. The third kappa shape index (κ3) is 3.26. The SMILES string of the molecule is CCOC(=O)Oc1ccccc1C(C)(C)C. The lowest BCUT2D eigenvalue weighted by Crippen LogP contribution is -2.16. The minimum Gasteiger partial charge on any atom is -0.434 e. The quantitative estimate of drug-likeness (QED) is 0.567. The monoisotopic (exact) mass is 222 g/mol. The van der Waals surface area contributed by atoms with E-state index >= 15 is 0 Å². The Kier molecular flexibility index (Phi) is 3.93. The van der Waals surface area contributed by atoms with Crippen molar-refractivity contribution >= 4 is 6.16 Å². The molecule has 0 saturated heterocycles. The first-order valence-corrected chi connectivity index (χ1v) is 5.39. The van der Waals surface area contributed by atoms with E-state index < -0.39 is 6.16 Å². The molecule has 1 rings (SSSR count). The summed E-state index contributed by atoms with van der Waals surface area (Å²) in [4.78, 5) is 11.2. The Bertz CT molecular complexity index is 364. The number of carbonyl (C=O) groups is 1. The van der Waals surface area contributed by atoms with E-state index in [0.717, 1.165) is 5.56 Å². The highest BCUT2D eigenvalue weighted by Crippen LogP contribution is 2.31. The highest BCUT2D eigenvalue weighted by atomic mass is 16.7. The number of benzene rings is 1. The molecule has 0 radical (unpaired) electrons. The van der Waals surface area contributed by atoms with Crippen LogP contribution < -0.4 is 4.74 Å². The number of hydrogen-bond donors (Lipinski definition) is 0. The molecule has 16 heavy (non-hydrogen) atoms. The van der Waals surface area contributed by atoms with Crippen molar-refractivity contribution in [2.75, 3.05) is 6.61 Å². The van der Waals surface area contributed by atoms with Gasteiger partial charge in [-0.2, -0.15) is 0 Å². The van der Waals surface area contributed by atoms with Crippen LogP contribution in [0.5, 0.6) is 5.75 Å². The molecular formula is C13H18O3. The number of para-hydroxylation sites is 1. The Morgan fingerprint density at radius 3 is 2.44 bits per heavy atom. The van der Waals surface area contributed by atoms with Crippen LogP contribution >= 0.6 is 0 Å². The van der Waals surface area contributed by atoms with Crippen molar-refractivity contribution in [3.05, 3.63) is 29.8 Å². The highest BCUT2D eigenvalue weighted by molar-refractivity contribution is 5.64. The van der Waals surface area contributed by atoms with Gasteiger partial charge in [-0.3, -0.25) is 0 Å². The first-order valence-electron chi connectivity index (χ1n) is 5.39. The average molecular weight is 222 g/mol. The third-order valence-corrected chi connectivity index (χ3v) is 2.15. The average Bonchev–Trinajstić information content (AvgIpc) is 2.17. The molecule has 0 unspecified atom stereocenters. The van der Waals surface area contributed by atoms with Gasteiger partial charge in [-0.1, -0.05) is 39.0 Å².